The molecule has 0 spiro atoms. The summed E-state index contributed by atoms with van der Waals surface area (Å²) in [5, 5.41) is 3.25. The molecule has 2 atom stereocenters. The molecule has 3 heteroatoms. The Morgan fingerprint density at radius 2 is 1.92 bits per heavy atom. The third kappa shape index (κ3) is 2.99. The second kappa shape index (κ2) is 4.61. The number of carbonyl (C=O) groups excluding carboxylic acids is 1. The smallest absolute Gasteiger partial charge is 0.234 e. The summed E-state index contributed by atoms with van der Waals surface area (Å²) in [5.74, 6) is 0.478. The van der Waals surface area contributed by atoms with Crippen LogP contribution < -0.4 is 11.1 Å². The van der Waals surface area contributed by atoms with E-state index in [1.807, 2.05) is 6.92 Å². The molecule has 1 fully saturated rings. The lowest BCUT2D eigenvalue weighted by Gasteiger charge is -2.23. The lowest BCUT2D eigenvalue weighted by molar-refractivity contribution is -0.119. The standard InChI is InChI=1S/C10H20N2O/c1-7(9-5-3-4-6-9)12-8(2)10(11)13/h7-9,12H,3-6H2,1-2H3,(H2,11,13)/t7-,8?/m0/s1. The van der Waals surface area contributed by atoms with E-state index in [9.17, 15) is 4.79 Å². The maximum absolute atomic E-state index is 10.8. The van der Waals surface area contributed by atoms with Crippen molar-refractivity contribution in [3.05, 3.63) is 0 Å². The van der Waals surface area contributed by atoms with Crippen LogP contribution in [-0.4, -0.2) is 18.0 Å². The van der Waals surface area contributed by atoms with Crippen LogP contribution in [0.2, 0.25) is 0 Å². The summed E-state index contributed by atoms with van der Waals surface area (Å²) in [7, 11) is 0. The minimum atomic E-state index is -0.259. The first-order chi connectivity index (χ1) is 6.11. The second-order valence-electron chi connectivity index (χ2n) is 4.12. The molecule has 0 aromatic rings. The highest BCUT2D eigenvalue weighted by molar-refractivity contribution is 5.79. The molecule has 1 aliphatic carbocycles. The SMILES string of the molecule is CC(N[C@@H](C)C1CCCC1)C(N)=O. The highest BCUT2D eigenvalue weighted by atomic mass is 16.1. The van der Waals surface area contributed by atoms with Crippen LogP contribution in [0, 0.1) is 5.92 Å². The van der Waals surface area contributed by atoms with E-state index < -0.39 is 0 Å². The number of nitrogens with one attached hydrogen (secondary N) is 1. The molecule has 3 nitrogen and oxygen atoms in total. The normalized spacial score (nSPS) is 22.9. The molecule has 1 rings (SSSR count). The van der Waals surface area contributed by atoms with Gasteiger partial charge in [0.25, 0.3) is 0 Å². The maximum atomic E-state index is 10.8. The lowest BCUT2D eigenvalue weighted by Crippen LogP contribution is -2.45. The molecule has 0 heterocycles. The molecule has 0 aliphatic heterocycles. The topological polar surface area (TPSA) is 55.1 Å². The minimum Gasteiger partial charge on any atom is -0.368 e. The zero-order chi connectivity index (χ0) is 9.84. The second-order valence-corrected chi connectivity index (χ2v) is 4.12. The van der Waals surface area contributed by atoms with Crippen molar-refractivity contribution in [2.24, 2.45) is 11.7 Å². The molecule has 0 aromatic carbocycles. The summed E-state index contributed by atoms with van der Waals surface area (Å²) >= 11 is 0. The van der Waals surface area contributed by atoms with Crippen molar-refractivity contribution in [1.29, 1.82) is 0 Å². The first kappa shape index (κ1) is 10.5. The molecule has 3 N–H and O–H groups in total. The van der Waals surface area contributed by atoms with E-state index in [-0.39, 0.29) is 11.9 Å². The van der Waals surface area contributed by atoms with Gasteiger partial charge in [0.1, 0.15) is 0 Å². The van der Waals surface area contributed by atoms with E-state index in [0.29, 0.717) is 6.04 Å². The zero-order valence-corrected chi connectivity index (χ0v) is 8.55. The van der Waals surface area contributed by atoms with Crippen molar-refractivity contribution in [3.63, 3.8) is 0 Å². The van der Waals surface area contributed by atoms with Crippen LogP contribution in [-0.2, 0) is 4.79 Å². The van der Waals surface area contributed by atoms with E-state index in [4.69, 9.17) is 5.73 Å². The van der Waals surface area contributed by atoms with Crippen LogP contribution in [0.3, 0.4) is 0 Å². The van der Waals surface area contributed by atoms with Gasteiger partial charge in [0.15, 0.2) is 0 Å². The van der Waals surface area contributed by atoms with Gasteiger partial charge in [0, 0.05) is 6.04 Å². The Bertz CT molecular complexity index is 176. The fourth-order valence-electron chi connectivity index (χ4n) is 2.07. The summed E-state index contributed by atoms with van der Waals surface area (Å²) in [6, 6.07) is 0.223. The molecular weight excluding hydrogens is 164 g/mol. The van der Waals surface area contributed by atoms with E-state index in [1.165, 1.54) is 25.7 Å². The Morgan fingerprint density at radius 3 is 2.38 bits per heavy atom. The van der Waals surface area contributed by atoms with E-state index in [2.05, 4.69) is 12.2 Å². The fraction of sp³-hybridized carbons (Fsp3) is 0.900. The third-order valence-electron chi connectivity index (χ3n) is 3.05. The first-order valence-corrected chi connectivity index (χ1v) is 5.16. The summed E-state index contributed by atoms with van der Waals surface area (Å²) in [4.78, 5) is 10.8. The van der Waals surface area contributed by atoms with Gasteiger partial charge in [-0.2, -0.15) is 0 Å². The number of hydrogen-bond acceptors (Lipinski definition) is 2. The van der Waals surface area contributed by atoms with Crippen molar-refractivity contribution in [3.8, 4) is 0 Å². The van der Waals surface area contributed by atoms with Crippen LogP contribution >= 0.6 is 0 Å². The predicted molar refractivity (Wildman–Crippen MR) is 53.2 cm³/mol. The minimum absolute atomic E-state index is 0.199. The molecule has 1 amide bonds. The van der Waals surface area contributed by atoms with Gasteiger partial charge in [-0.15, -0.1) is 0 Å². The van der Waals surface area contributed by atoms with Crippen molar-refractivity contribution in [1.82, 2.24) is 5.32 Å². The maximum Gasteiger partial charge on any atom is 0.234 e. The van der Waals surface area contributed by atoms with Gasteiger partial charge in [-0.1, -0.05) is 12.8 Å². The molecule has 0 radical (unpaired) electrons. The van der Waals surface area contributed by atoms with Crippen molar-refractivity contribution in [2.75, 3.05) is 0 Å². The Morgan fingerprint density at radius 1 is 1.38 bits per heavy atom. The highest BCUT2D eigenvalue weighted by Crippen LogP contribution is 2.27. The molecule has 1 unspecified atom stereocenters. The zero-order valence-electron chi connectivity index (χ0n) is 8.55. The quantitative estimate of drug-likeness (QED) is 0.685. The van der Waals surface area contributed by atoms with Crippen LogP contribution in [0.5, 0.6) is 0 Å². The van der Waals surface area contributed by atoms with Gasteiger partial charge in [-0.3, -0.25) is 4.79 Å². The van der Waals surface area contributed by atoms with E-state index in [0.717, 1.165) is 5.92 Å². The van der Waals surface area contributed by atoms with E-state index in [1.54, 1.807) is 0 Å². The van der Waals surface area contributed by atoms with Crippen LogP contribution in [0.25, 0.3) is 0 Å². The summed E-state index contributed by atoms with van der Waals surface area (Å²) in [5.41, 5.74) is 5.18. The van der Waals surface area contributed by atoms with Crippen LogP contribution in [0.4, 0.5) is 0 Å². The molecule has 76 valence electrons. The monoisotopic (exact) mass is 184 g/mol. The van der Waals surface area contributed by atoms with Gasteiger partial charge in [-0.05, 0) is 32.6 Å². The van der Waals surface area contributed by atoms with Crippen molar-refractivity contribution in [2.45, 2.75) is 51.6 Å². The third-order valence-corrected chi connectivity index (χ3v) is 3.05. The van der Waals surface area contributed by atoms with Crippen LogP contribution in [0.1, 0.15) is 39.5 Å². The highest BCUT2D eigenvalue weighted by Gasteiger charge is 2.23. The van der Waals surface area contributed by atoms with Gasteiger partial charge >= 0.3 is 0 Å². The van der Waals surface area contributed by atoms with Gasteiger partial charge in [0.2, 0.25) is 5.91 Å². The number of amides is 1. The fourth-order valence-corrected chi connectivity index (χ4v) is 2.07. The van der Waals surface area contributed by atoms with Crippen molar-refractivity contribution < 1.29 is 4.79 Å². The van der Waals surface area contributed by atoms with Crippen LogP contribution in [0.15, 0.2) is 0 Å². The largest absolute Gasteiger partial charge is 0.368 e. The summed E-state index contributed by atoms with van der Waals surface area (Å²) < 4.78 is 0. The number of carbonyl (C=O) groups is 1. The number of hydrogen-bond donors (Lipinski definition) is 2. The lowest BCUT2D eigenvalue weighted by atomic mass is 9.99. The summed E-state index contributed by atoms with van der Waals surface area (Å²) in [6.45, 7) is 3.98. The van der Waals surface area contributed by atoms with Gasteiger partial charge in [0.05, 0.1) is 6.04 Å². The number of nitrogens with two attached hydrogens (primary N) is 1. The number of primary amides is 1. The molecule has 0 bridgehead atoms. The number of rotatable bonds is 4. The van der Waals surface area contributed by atoms with Crippen molar-refractivity contribution >= 4 is 5.91 Å². The molecule has 1 aliphatic rings. The average molecular weight is 184 g/mol. The Balaban J connectivity index is 2.30. The Hall–Kier alpha value is -0.570. The molecular formula is C10H20N2O. The van der Waals surface area contributed by atoms with Gasteiger partial charge in [-0.25, -0.2) is 0 Å². The average Bonchev–Trinajstić information content (AvgIpc) is 2.55. The van der Waals surface area contributed by atoms with E-state index >= 15 is 0 Å². The first-order valence-electron chi connectivity index (χ1n) is 5.16. The molecule has 0 aromatic heterocycles. The molecule has 0 saturated heterocycles. The molecule has 13 heavy (non-hydrogen) atoms. The predicted octanol–water partition coefficient (Wildman–Crippen LogP) is 1.03. The summed E-state index contributed by atoms with van der Waals surface area (Å²) in [6.07, 6.45) is 5.25. The Kier molecular flexibility index (Phi) is 3.72. The van der Waals surface area contributed by atoms with Gasteiger partial charge < -0.3 is 11.1 Å². The molecule has 1 saturated carbocycles. The Labute approximate surface area is 80.1 Å².